The number of methoxy groups -OCH3 is 2. The maximum Gasteiger partial charge on any atom is 0.411 e. The van der Waals surface area contributed by atoms with Crippen LogP contribution in [0, 0.1) is 5.82 Å². The lowest BCUT2D eigenvalue weighted by molar-refractivity contribution is 0.187. The molecule has 0 saturated heterocycles. The van der Waals surface area contributed by atoms with Crippen LogP contribution in [0.4, 0.5) is 14.9 Å². The summed E-state index contributed by atoms with van der Waals surface area (Å²) in [4.78, 5) is 10.8. The highest BCUT2D eigenvalue weighted by atomic mass is 19.1. The normalized spacial score (nSPS) is 9.36. The number of carbonyl (C=O) groups is 1. The average Bonchev–Trinajstić information content (AvgIpc) is 2.18. The van der Waals surface area contributed by atoms with Gasteiger partial charge >= 0.3 is 6.09 Å². The number of amides is 1. The van der Waals surface area contributed by atoms with Gasteiger partial charge < -0.3 is 9.47 Å². The topological polar surface area (TPSA) is 47.6 Å². The zero-order valence-electron chi connectivity index (χ0n) is 7.83. The Bertz CT molecular complexity index is 341. The molecule has 5 heteroatoms. The Labute approximate surface area is 80.6 Å². The van der Waals surface area contributed by atoms with Gasteiger partial charge in [-0.05, 0) is 12.1 Å². The monoisotopic (exact) mass is 199 g/mol. The molecule has 0 heterocycles. The van der Waals surface area contributed by atoms with E-state index in [-0.39, 0.29) is 5.69 Å². The van der Waals surface area contributed by atoms with Crippen molar-refractivity contribution in [3.05, 3.63) is 24.0 Å². The molecule has 76 valence electrons. The van der Waals surface area contributed by atoms with Gasteiger partial charge in [-0.1, -0.05) is 0 Å². The van der Waals surface area contributed by atoms with Gasteiger partial charge in [-0.2, -0.15) is 0 Å². The van der Waals surface area contributed by atoms with Crippen LogP contribution in [-0.4, -0.2) is 20.3 Å². The van der Waals surface area contributed by atoms with Gasteiger partial charge in [0.25, 0.3) is 0 Å². The molecule has 1 rings (SSSR count). The molecule has 0 aromatic heterocycles. The molecule has 0 bridgehead atoms. The van der Waals surface area contributed by atoms with E-state index in [0.717, 1.165) is 6.07 Å². The Morgan fingerprint density at radius 1 is 1.43 bits per heavy atom. The van der Waals surface area contributed by atoms with E-state index in [1.165, 1.54) is 26.4 Å². The highest BCUT2D eigenvalue weighted by Gasteiger charge is 2.07. The first-order valence-electron chi connectivity index (χ1n) is 3.86. The molecule has 14 heavy (non-hydrogen) atoms. The standard InChI is InChI=1S/C9H10FNO3/c1-13-8-4-3-6(10)5-7(8)11-9(12)14-2/h3-5H,1-2H3,(H,11,12). The summed E-state index contributed by atoms with van der Waals surface area (Å²) in [5, 5.41) is 2.33. The summed E-state index contributed by atoms with van der Waals surface area (Å²) in [6, 6.07) is 3.80. The van der Waals surface area contributed by atoms with Crippen LogP contribution in [0.25, 0.3) is 0 Å². The number of halogens is 1. The highest BCUT2D eigenvalue weighted by molar-refractivity contribution is 5.86. The molecule has 1 aromatic rings. The minimum Gasteiger partial charge on any atom is -0.495 e. The minimum atomic E-state index is -0.672. The third kappa shape index (κ3) is 2.35. The number of carbonyl (C=O) groups excluding carboxylic acids is 1. The van der Waals surface area contributed by atoms with E-state index in [1.807, 2.05) is 0 Å². The number of benzene rings is 1. The van der Waals surface area contributed by atoms with Crippen molar-refractivity contribution in [2.24, 2.45) is 0 Å². The van der Waals surface area contributed by atoms with Crippen LogP contribution in [0.1, 0.15) is 0 Å². The van der Waals surface area contributed by atoms with E-state index in [2.05, 4.69) is 10.1 Å². The maximum atomic E-state index is 12.8. The van der Waals surface area contributed by atoms with Crippen molar-refractivity contribution >= 4 is 11.8 Å². The van der Waals surface area contributed by atoms with Crippen LogP contribution >= 0.6 is 0 Å². The van der Waals surface area contributed by atoms with Gasteiger partial charge in [0.05, 0.1) is 19.9 Å². The molecule has 0 fully saturated rings. The highest BCUT2D eigenvalue weighted by Crippen LogP contribution is 2.24. The summed E-state index contributed by atoms with van der Waals surface area (Å²) in [7, 11) is 2.65. The molecule has 0 aliphatic rings. The molecule has 1 N–H and O–H groups in total. The van der Waals surface area contributed by atoms with Crippen molar-refractivity contribution in [1.82, 2.24) is 0 Å². The molecule has 0 saturated carbocycles. The third-order valence-electron chi connectivity index (χ3n) is 1.58. The van der Waals surface area contributed by atoms with E-state index in [9.17, 15) is 9.18 Å². The van der Waals surface area contributed by atoms with Crippen LogP contribution in [0.3, 0.4) is 0 Å². The number of anilines is 1. The Kier molecular flexibility index (Phi) is 3.28. The van der Waals surface area contributed by atoms with Crippen molar-refractivity contribution in [1.29, 1.82) is 0 Å². The minimum absolute atomic E-state index is 0.236. The average molecular weight is 199 g/mol. The largest absolute Gasteiger partial charge is 0.495 e. The molecule has 1 aromatic carbocycles. The SMILES string of the molecule is COC(=O)Nc1cc(F)ccc1OC. The van der Waals surface area contributed by atoms with Gasteiger partial charge in [-0.3, -0.25) is 5.32 Å². The van der Waals surface area contributed by atoms with E-state index >= 15 is 0 Å². The number of nitrogens with one attached hydrogen (secondary N) is 1. The van der Waals surface area contributed by atoms with E-state index in [4.69, 9.17) is 4.74 Å². The van der Waals surface area contributed by atoms with Crippen LogP contribution in [0.5, 0.6) is 5.75 Å². The van der Waals surface area contributed by atoms with Crippen LogP contribution in [0.2, 0.25) is 0 Å². The molecule has 0 unspecified atom stereocenters. The predicted molar refractivity (Wildman–Crippen MR) is 49.0 cm³/mol. The summed E-state index contributed by atoms with van der Waals surface area (Å²) in [6.07, 6.45) is -0.672. The lowest BCUT2D eigenvalue weighted by Gasteiger charge is -2.08. The Morgan fingerprint density at radius 2 is 2.14 bits per heavy atom. The van der Waals surface area contributed by atoms with Crippen molar-refractivity contribution < 1.29 is 18.7 Å². The zero-order chi connectivity index (χ0) is 10.6. The number of hydrogen-bond donors (Lipinski definition) is 1. The van der Waals surface area contributed by atoms with Crippen LogP contribution in [-0.2, 0) is 4.74 Å². The van der Waals surface area contributed by atoms with Gasteiger partial charge in [0.1, 0.15) is 11.6 Å². The van der Waals surface area contributed by atoms with Crippen LogP contribution in [0.15, 0.2) is 18.2 Å². The summed E-state index contributed by atoms with van der Waals surface area (Å²) >= 11 is 0. The van der Waals surface area contributed by atoms with Crippen molar-refractivity contribution in [3.63, 3.8) is 0 Å². The zero-order valence-corrected chi connectivity index (χ0v) is 7.83. The fourth-order valence-corrected chi connectivity index (χ4v) is 0.939. The Morgan fingerprint density at radius 3 is 2.71 bits per heavy atom. The van der Waals surface area contributed by atoms with E-state index < -0.39 is 11.9 Å². The molecule has 0 aliphatic carbocycles. The quantitative estimate of drug-likeness (QED) is 0.792. The summed E-state index contributed by atoms with van der Waals surface area (Å²) < 4.78 is 22.1. The molecule has 1 amide bonds. The van der Waals surface area contributed by atoms with E-state index in [0.29, 0.717) is 5.75 Å². The fourth-order valence-electron chi connectivity index (χ4n) is 0.939. The van der Waals surface area contributed by atoms with Gasteiger partial charge in [-0.25, -0.2) is 9.18 Å². The van der Waals surface area contributed by atoms with Crippen molar-refractivity contribution in [2.75, 3.05) is 19.5 Å². The van der Waals surface area contributed by atoms with Gasteiger partial charge in [-0.15, -0.1) is 0 Å². The van der Waals surface area contributed by atoms with Gasteiger partial charge in [0.15, 0.2) is 0 Å². The first-order valence-corrected chi connectivity index (χ1v) is 3.86. The first-order chi connectivity index (χ1) is 6.67. The summed E-state index contributed by atoms with van der Waals surface area (Å²) in [5.41, 5.74) is 0.236. The second-order valence-corrected chi connectivity index (χ2v) is 2.46. The molecule has 0 atom stereocenters. The molecule has 0 radical (unpaired) electrons. The lowest BCUT2D eigenvalue weighted by atomic mass is 10.3. The fraction of sp³-hybridized carbons (Fsp3) is 0.222. The third-order valence-corrected chi connectivity index (χ3v) is 1.58. The molecular weight excluding hydrogens is 189 g/mol. The maximum absolute atomic E-state index is 12.8. The van der Waals surface area contributed by atoms with Crippen molar-refractivity contribution in [2.45, 2.75) is 0 Å². The van der Waals surface area contributed by atoms with Crippen LogP contribution < -0.4 is 10.1 Å². The summed E-state index contributed by atoms with van der Waals surface area (Å²) in [5.74, 6) is -0.0889. The molecular formula is C9H10FNO3. The number of rotatable bonds is 2. The van der Waals surface area contributed by atoms with Crippen molar-refractivity contribution in [3.8, 4) is 5.75 Å². The first kappa shape index (κ1) is 10.3. The molecule has 0 spiro atoms. The second kappa shape index (κ2) is 4.45. The van der Waals surface area contributed by atoms with E-state index in [1.54, 1.807) is 0 Å². The molecule has 4 nitrogen and oxygen atoms in total. The number of hydrogen-bond acceptors (Lipinski definition) is 3. The predicted octanol–water partition coefficient (Wildman–Crippen LogP) is 2.01. The Hall–Kier alpha value is -1.78. The van der Waals surface area contributed by atoms with Gasteiger partial charge in [0, 0.05) is 6.07 Å². The molecule has 0 aliphatic heterocycles. The number of ether oxygens (including phenoxy) is 2. The van der Waals surface area contributed by atoms with Gasteiger partial charge in [0.2, 0.25) is 0 Å². The lowest BCUT2D eigenvalue weighted by Crippen LogP contribution is -2.11. The summed E-state index contributed by atoms with van der Waals surface area (Å²) in [6.45, 7) is 0. The second-order valence-electron chi connectivity index (χ2n) is 2.46. The Balaban J connectivity index is 2.93. The smallest absolute Gasteiger partial charge is 0.411 e.